The summed E-state index contributed by atoms with van der Waals surface area (Å²) < 4.78 is 13.3. The number of hydrogen-bond donors (Lipinski definition) is 0. The van der Waals surface area contributed by atoms with Crippen LogP contribution in [0.25, 0.3) is 0 Å². The Morgan fingerprint density at radius 2 is 2.06 bits per heavy atom. The summed E-state index contributed by atoms with van der Waals surface area (Å²) in [4.78, 5) is 14.3. The average molecular weight is 249 g/mol. The quantitative estimate of drug-likeness (QED) is 0.688. The van der Waals surface area contributed by atoms with E-state index >= 15 is 0 Å². The minimum Gasteiger partial charge on any atom is -0.309 e. The van der Waals surface area contributed by atoms with Gasteiger partial charge in [-0.25, -0.2) is 4.39 Å². The minimum atomic E-state index is -0.419. The maximum Gasteiger partial charge on any atom is 0.232 e. The highest BCUT2D eigenvalue weighted by atomic mass is 19.1. The van der Waals surface area contributed by atoms with Gasteiger partial charge in [-0.05, 0) is 43.5 Å². The minimum absolute atomic E-state index is 0.0996. The molecule has 1 aliphatic rings. The third kappa shape index (κ3) is 2.26. The molecule has 0 saturated heterocycles. The molecule has 1 unspecified atom stereocenters. The molecule has 2 nitrogen and oxygen atoms in total. The molecule has 0 saturated carbocycles. The van der Waals surface area contributed by atoms with Gasteiger partial charge in [-0.2, -0.15) is 0 Å². The van der Waals surface area contributed by atoms with Crippen LogP contribution < -0.4 is 4.90 Å². The van der Waals surface area contributed by atoms with Crippen molar-refractivity contribution in [1.82, 2.24) is 0 Å². The second-order valence-corrected chi connectivity index (χ2v) is 6.09. The largest absolute Gasteiger partial charge is 0.309 e. The summed E-state index contributed by atoms with van der Waals surface area (Å²) >= 11 is 0. The zero-order valence-corrected chi connectivity index (χ0v) is 11.5. The van der Waals surface area contributed by atoms with E-state index in [0.717, 1.165) is 24.1 Å². The van der Waals surface area contributed by atoms with Crippen molar-refractivity contribution in [3.63, 3.8) is 0 Å². The Labute approximate surface area is 108 Å². The maximum atomic E-state index is 13.3. The number of rotatable bonds is 0. The van der Waals surface area contributed by atoms with E-state index in [9.17, 15) is 9.18 Å². The summed E-state index contributed by atoms with van der Waals surface area (Å²) in [5.74, 6) is -0.131. The number of fused-ring (bicyclic) bond motifs is 1. The smallest absolute Gasteiger partial charge is 0.232 e. The van der Waals surface area contributed by atoms with Crippen LogP contribution in [0.4, 0.5) is 10.1 Å². The van der Waals surface area contributed by atoms with Crippen molar-refractivity contribution in [2.75, 3.05) is 4.90 Å². The fourth-order valence-corrected chi connectivity index (χ4v) is 2.39. The van der Waals surface area contributed by atoms with Gasteiger partial charge in [-0.1, -0.05) is 20.8 Å². The standard InChI is InChI=1S/C15H20FNO/c1-10-5-6-11-9-12(16)7-8-13(11)17(10)14(18)15(2,3)4/h7-10H,5-6H2,1-4H3. The number of anilines is 1. The van der Waals surface area contributed by atoms with Crippen LogP contribution in [-0.2, 0) is 11.2 Å². The van der Waals surface area contributed by atoms with E-state index in [-0.39, 0.29) is 17.8 Å². The lowest BCUT2D eigenvalue weighted by Crippen LogP contribution is -2.47. The molecule has 18 heavy (non-hydrogen) atoms. The van der Waals surface area contributed by atoms with Crippen LogP contribution in [0, 0.1) is 11.2 Å². The van der Waals surface area contributed by atoms with Crippen molar-refractivity contribution in [2.45, 2.75) is 46.6 Å². The third-order valence-electron chi connectivity index (χ3n) is 3.43. The first-order valence-electron chi connectivity index (χ1n) is 6.43. The molecule has 0 aromatic heterocycles. The zero-order chi connectivity index (χ0) is 13.5. The summed E-state index contributed by atoms with van der Waals surface area (Å²) in [5, 5.41) is 0. The predicted octanol–water partition coefficient (Wildman–Crippen LogP) is 3.54. The van der Waals surface area contributed by atoms with E-state index in [2.05, 4.69) is 6.92 Å². The zero-order valence-electron chi connectivity index (χ0n) is 11.5. The SMILES string of the molecule is CC1CCc2cc(F)ccc2N1C(=O)C(C)(C)C. The molecule has 98 valence electrons. The van der Waals surface area contributed by atoms with Gasteiger partial charge in [0.1, 0.15) is 5.82 Å². The van der Waals surface area contributed by atoms with Crippen LogP contribution in [0.15, 0.2) is 18.2 Å². The topological polar surface area (TPSA) is 20.3 Å². The summed E-state index contributed by atoms with van der Waals surface area (Å²) in [5.41, 5.74) is 1.39. The number of carbonyl (C=O) groups is 1. The van der Waals surface area contributed by atoms with Crippen LogP contribution in [0.3, 0.4) is 0 Å². The van der Waals surface area contributed by atoms with E-state index in [4.69, 9.17) is 0 Å². The molecule has 0 bridgehead atoms. The summed E-state index contributed by atoms with van der Waals surface area (Å²) in [6.07, 6.45) is 1.72. The van der Waals surface area contributed by atoms with E-state index in [0.29, 0.717) is 0 Å². The van der Waals surface area contributed by atoms with Gasteiger partial charge in [0, 0.05) is 17.1 Å². The first kappa shape index (κ1) is 13.1. The Morgan fingerprint density at radius 1 is 1.39 bits per heavy atom. The van der Waals surface area contributed by atoms with Crippen LogP contribution in [0.2, 0.25) is 0 Å². The molecule has 1 aromatic rings. The molecular formula is C15H20FNO. The molecule has 0 fully saturated rings. The van der Waals surface area contributed by atoms with Gasteiger partial charge in [-0.15, -0.1) is 0 Å². The van der Waals surface area contributed by atoms with Crippen LogP contribution in [0.5, 0.6) is 0 Å². The highest BCUT2D eigenvalue weighted by Crippen LogP contribution is 2.34. The first-order chi connectivity index (χ1) is 8.30. The Bertz CT molecular complexity index is 476. The van der Waals surface area contributed by atoms with E-state index < -0.39 is 5.41 Å². The van der Waals surface area contributed by atoms with Gasteiger partial charge in [-0.3, -0.25) is 4.79 Å². The van der Waals surface area contributed by atoms with Gasteiger partial charge < -0.3 is 4.90 Å². The Morgan fingerprint density at radius 3 is 2.67 bits per heavy atom. The van der Waals surface area contributed by atoms with Crippen LogP contribution in [0.1, 0.15) is 39.7 Å². The maximum absolute atomic E-state index is 13.3. The monoisotopic (exact) mass is 249 g/mol. The van der Waals surface area contributed by atoms with Crippen molar-refractivity contribution < 1.29 is 9.18 Å². The van der Waals surface area contributed by atoms with E-state index in [1.165, 1.54) is 6.07 Å². The molecule has 0 radical (unpaired) electrons. The number of amides is 1. The molecule has 2 rings (SSSR count). The number of halogens is 1. The van der Waals surface area contributed by atoms with Gasteiger partial charge in [0.25, 0.3) is 0 Å². The Balaban J connectivity index is 2.46. The Kier molecular flexibility index (Phi) is 3.18. The molecule has 0 spiro atoms. The molecule has 1 aliphatic heterocycles. The second-order valence-electron chi connectivity index (χ2n) is 6.09. The van der Waals surface area contributed by atoms with E-state index in [1.54, 1.807) is 12.1 Å². The lowest BCUT2D eigenvalue weighted by Gasteiger charge is -2.38. The lowest BCUT2D eigenvalue weighted by molar-refractivity contribution is -0.126. The third-order valence-corrected chi connectivity index (χ3v) is 3.43. The average Bonchev–Trinajstić information content (AvgIpc) is 2.27. The fraction of sp³-hybridized carbons (Fsp3) is 0.533. The fourth-order valence-electron chi connectivity index (χ4n) is 2.39. The first-order valence-corrected chi connectivity index (χ1v) is 6.43. The number of nitrogens with zero attached hydrogens (tertiary/aromatic N) is 1. The highest BCUT2D eigenvalue weighted by Gasteiger charge is 2.34. The molecule has 0 aliphatic carbocycles. The molecule has 0 N–H and O–H groups in total. The number of aryl methyl sites for hydroxylation is 1. The molecular weight excluding hydrogens is 229 g/mol. The van der Waals surface area contributed by atoms with Crippen molar-refractivity contribution in [2.24, 2.45) is 5.41 Å². The van der Waals surface area contributed by atoms with Gasteiger partial charge in [0.2, 0.25) is 5.91 Å². The molecule has 1 atom stereocenters. The highest BCUT2D eigenvalue weighted by molar-refractivity contribution is 5.98. The van der Waals surface area contributed by atoms with Gasteiger partial charge in [0.05, 0.1) is 0 Å². The van der Waals surface area contributed by atoms with Crippen molar-refractivity contribution >= 4 is 11.6 Å². The summed E-state index contributed by atoms with van der Waals surface area (Å²) in [6.45, 7) is 7.80. The molecule has 1 amide bonds. The van der Waals surface area contributed by atoms with Crippen molar-refractivity contribution in [3.8, 4) is 0 Å². The summed E-state index contributed by atoms with van der Waals surface area (Å²) in [6, 6.07) is 4.88. The number of benzene rings is 1. The number of carbonyl (C=O) groups excluding carboxylic acids is 1. The van der Waals surface area contributed by atoms with Crippen LogP contribution in [-0.4, -0.2) is 11.9 Å². The molecule has 1 heterocycles. The van der Waals surface area contributed by atoms with Crippen molar-refractivity contribution in [1.29, 1.82) is 0 Å². The number of hydrogen-bond acceptors (Lipinski definition) is 1. The van der Waals surface area contributed by atoms with E-state index in [1.807, 2.05) is 25.7 Å². The van der Waals surface area contributed by atoms with Gasteiger partial charge >= 0.3 is 0 Å². The van der Waals surface area contributed by atoms with Crippen LogP contribution >= 0.6 is 0 Å². The summed E-state index contributed by atoms with van der Waals surface area (Å²) in [7, 11) is 0. The predicted molar refractivity (Wildman–Crippen MR) is 71.1 cm³/mol. The normalized spacial score (nSPS) is 19.6. The van der Waals surface area contributed by atoms with Crippen molar-refractivity contribution in [3.05, 3.63) is 29.6 Å². The molecule has 3 heteroatoms. The lowest BCUT2D eigenvalue weighted by atomic mass is 9.89. The second kappa shape index (κ2) is 4.38. The Hall–Kier alpha value is -1.38. The molecule has 1 aromatic carbocycles. The van der Waals surface area contributed by atoms with Gasteiger partial charge in [0.15, 0.2) is 0 Å².